The first-order valence-electron chi connectivity index (χ1n) is 8.80. The maximum absolute atomic E-state index is 12.2. The van der Waals surface area contributed by atoms with Crippen molar-refractivity contribution in [1.82, 2.24) is 0 Å². The van der Waals surface area contributed by atoms with E-state index in [1.165, 1.54) is 5.56 Å². The Bertz CT molecular complexity index is 846. The van der Waals surface area contributed by atoms with Gasteiger partial charge in [-0.3, -0.25) is 9.59 Å². The van der Waals surface area contributed by atoms with Gasteiger partial charge in [0.1, 0.15) is 11.5 Å². The quantitative estimate of drug-likeness (QED) is 0.764. The lowest BCUT2D eigenvalue weighted by Crippen LogP contribution is -2.38. The van der Waals surface area contributed by atoms with E-state index in [0.717, 1.165) is 6.42 Å². The summed E-state index contributed by atoms with van der Waals surface area (Å²) in [5, 5.41) is 2.78. The van der Waals surface area contributed by atoms with Gasteiger partial charge in [-0.05, 0) is 42.3 Å². The number of benzene rings is 2. The summed E-state index contributed by atoms with van der Waals surface area (Å²) in [6, 6.07) is 12.8. The number of amides is 2. The van der Waals surface area contributed by atoms with Crippen molar-refractivity contribution in [3.05, 3.63) is 60.7 Å². The molecule has 1 N–H and O–H groups in total. The number of carbonyl (C=O) groups excluding carboxylic acids is 2. The zero-order valence-corrected chi connectivity index (χ0v) is 15.2. The average molecular weight is 366 g/mol. The number of nitrogens with one attached hydrogen (secondary N) is 1. The molecule has 27 heavy (non-hydrogen) atoms. The molecular weight excluding hydrogens is 344 g/mol. The second-order valence-electron chi connectivity index (χ2n) is 6.10. The van der Waals surface area contributed by atoms with E-state index in [-0.39, 0.29) is 25.0 Å². The number of hydrogen-bond donors (Lipinski definition) is 1. The number of ether oxygens (including phenoxy) is 2. The van der Waals surface area contributed by atoms with Crippen molar-refractivity contribution in [1.29, 1.82) is 0 Å². The second kappa shape index (κ2) is 8.40. The van der Waals surface area contributed by atoms with Gasteiger partial charge in [0.15, 0.2) is 13.2 Å². The SMILES string of the molecule is C=CCN1C(=O)COc2ccc(NC(=O)COc3ccc(CC)cc3)cc21. The Balaban J connectivity index is 1.64. The Kier molecular flexibility index (Phi) is 5.76. The molecule has 6 nitrogen and oxygen atoms in total. The monoisotopic (exact) mass is 366 g/mol. The molecule has 140 valence electrons. The van der Waals surface area contributed by atoms with Crippen LogP contribution in [0.1, 0.15) is 12.5 Å². The van der Waals surface area contributed by atoms with Crippen LogP contribution in [0.2, 0.25) is 0 Å². The molecule has 2 amide bonds. The number of anilines is 2. The van der Waals surface area contributed by atoms with Crippen LogP contribution in [-0.4, -0.2) is 31.6 Å². The van der Waals surface area contributed by atoms with Crippen LogP contribution in [0, 0.1) is 0 Å². The fourth-order valence-electron chi connectivity index (χ4n) is 2.78. The normalized spacial score (nSPS) is 12.8. The van der Waals surface area contributed by atoms with E-state index in [1.54, 1.807) is 29.2 Å². The minimum atomic E-state index is -0.284. The van der Waals surface area contributed by atoms with E-state index in [2.05, 4.69) is 18.8 Å². The summed E-state index contributed by atoms with van der Waals surface area (Å²) in [5.74, 6) is 0.809. The minimum Gasteiger partial charge on any atom is -0.484 e. The van der Waals surface area contributed by atoms with Crippen LogP contribution in [0.15, 0.2) is 55.1 Å². The van der Waals surface area contributed by atoms with Crippen molar-refractivity contribution in [3.63, 3.8) is 0 Å². The lowest BCUT2D eigenvalue weighted by Gasteiger charge is -2.28. The Morgan fingerprint density at radius 3 is 2.78 bits per heavy atom. The van der Waals surface area contributed by atoms with Crippen LogP contribution < -0.4 is 19.7 Å². The highest BCUT2D eigenvalue weighted by Gasteiger charge is 2.25. The van der Waals surface area contributed by atoms with Crippen molar-refractivity contribution in [2.24, 2.45) is 0 Å². The summed E-state index contributed by atoms with van der Waals surface area (Å²) in [6.45, 7) is 6.03. The largest absolute Gasteiger partial charge is 0.484 e. The molecule has 0 spiro atoms. The number of nitrogens with zero attached hydrogens (tertiary/aromatic N) is 1. The predicted octanol–water partition coefficient (Wildman–Crippen LogP) is 3.18. The maximum Gasteiger partial charge on any atom is 0.265 e. The van der Waals surface area contributed by atoms with Crippen LogP contribution in [0.4, 0.5) is 11.4 Å². The average Bonchev–Trinajstić information content (AvgIpc) is 2.69. The van der Waals surface area contributed by atoms with E-state index in [4.69, 9.17) is 9.47 Å². The minimum absolute atomic E-state index is 0.00277. The molecule has 0 saturated carbocycles. The Morgan fingerprint density at radius 2 is 2.07 bits per heavy atom. The zero-order chi connectivity index (χ0) is 19.2. The summed E-state index contributed by atoms with van der Waals surface area (Å²) >= 11 is 0. The third kappa shape index (κ3) is 4.47. The number of hydrogen-bond acceptors (Lipinski definition) is 4. The fraction of sp³-hybridized carbons (Fsp3) is 0.238. The topological polar surface area (TPSA) is 67.9 Å². The molecule has 0 unspecified atom stereocenters. The van der Waals surface area contributed by atoms with E-state index in [0.29, 0.717) is 29.4 Å². The van der Waals surface area contributed by atoms with Gasteiger partial charge in [0.05, 0.1) is 5.69 Å². The van der Waals surface area contributed by atoms with Gasteiger partial charge in [-0.15, -0.1) is 6.58 Å². The van der Waals surface area contributed by atoms with E-state index in [1.807, 2.05) is 24.3 Å². The van der Waals surface area contributed by atoms with E-state index < -0.39 is 0 Å². The van der Waals surface area contributed by atoms with Crippen LogP contribution in [0.5, 0.6) is 11.5 Å². The molecule has 0 aliphatic carbocycles. The predicted molar refractivity (Wildman–Crippen MR) is 104 cm³/mol. The summed E-state index contributed by atoms with van der Waals surface area (Å²) < 4.78 is 10.9. The molecule has 0 atom stereocenters. The van der Waals surface area contributed by atoms with Gasteiger partial charge in [-0.1, -0.05) is 25.1 Å². The molecule has 3 rings (SSSR count). The molecule has 1 heterocycles. The smallest absolute Gasteiger partial charge is 0.265 e. The van der Waals surface area contributed by atoms with Crippen LogP contribution >= 0.6 is 0 Å². The highest BCUT2D eigenvalue weighted by Crippen LogP contribution is 2.34. The first-order valence-corrected chi connectivity index (χ1v) is 8.80. The van der Waals surface area contributed by atoms with Gasteiger partial charge < -0.3 is 19.7 Å². The number of rotatable bonds is 7. The molecular formula is C21H22N2O4. The lowest BCUT2D eigenvalue weighted by atomic mass is 10.2. The summed E-state index contributed by atoms with van der Waals surface area (Å²) in [5.41, 5.74) is 2.39. The number of carbonyl (C=O) groups is 2. The third-order valence-electron chi connectivity index (χ3n) is 4.20. The highest BCUT2D eigenvalue weighted by atomic mass is 16.5. The van der Waals surface area contributed by atoms with Gasteiger partial charge in [0, 0.05) is 12.2 Å². The number of aryl methyl sites for hydroxylation is 1. The summed E-state index contributed by atoms with van der Waals surface area (Å²) in [4.78, 5) is 25.8. The van der Waals surface area contributed by atoms with Gasteiger partial charge in [0.2, 0.25) is 0 Å². The maximum atomic E-state index is 12.2. The molecule has 1 aliphatic rings. The Hall–Kier alpha value is -3.28. The van der Waals surface area contributed by atoms with Gasteiger partial charge in [-0.25, -0.2) is 0 Å². The van der Waals surface area contributed by atoms with Crippen molar-refractivity contribution < 1.29 is 19.1 Å². The molecule has 1 aliphatic heterocycles. The second-order valence-corrected chi connectivity index (χ2v) is 6.10. The van der Waals surface area contributed by atoms with Crippen molar-refractivity contribution in [2.45, 2.75) is 13.3 Å². The summed E-state index contributed by atoms with van der Waals surface area (Å²) in [6.07, 6.45) is 2.60. The zero-order valence-electron chi connectivity index (χ0n) is 15.2. The summed E-state index contributed by atoms with van der Waals surface area (Å²) in [7, 11) is 0. The first kappa shape index (κ1) is 18.5. The van der Waals surface area contributed by atoms with Gasteiger partial charge in [0.25, 0.3) is 11.8 Å². The molecule has 2 aromatic carbocycles. The molecule has 0 bridgehead atoms. The Labute approximate surface area is 158 Å². The lowest BCUT2D eigenvalue weighted by molar-refractivity contribution is -0.121. The van der Waals surface area contributed by atoms with Crippen LogP contribution in [-0.2, 0) is 16.0 Å². The van der Waals surface area contributed by atoms with Crippen molar-refractivity contribution >= 4 is 23.2 Å². The molecule has 0 fully saturated rings. The Morgan fingerprint density at radius 1 is 1.30 bits per heavy atom. The van der Waals surface area contributed by atoms with E-state index >= 15 is 0 Å². The van der Waals surface area contributed by atoms with Crippen molar-refractivity contribution in [3.8, 4) is 11.5 Å². The first-order chi connectivity index (χ1) is 13.1. The third-order valence-corrected chi connectivity index (χ3v) is 4.20. The van der Waals surface area contributed by atoms with Crippen LogP contribution in [0.3, 0.4) is 0 Å². The van der Waals surface area contributed by atoms with Crippen LogP contribution in [0.25, 0.3) is 0 Å². The fourth-order valence-corrected chi connectivity index (χ4v) is 2.78. The van der Waals surface area contributed by atoms with E-state index in [9.17, 15) is 9.59 Å². The molecule has 6 heteroatoms. The molecule has 2 aromatic rings. The van der Waals surface area contributed by atoms with Crippen molar-refractivity contribution in [2.75, 3.05) is 30.0 Å². The molecule has 0 aromatic heterocycles. The molecule has 0 saturated heterocycles. The van der Waals surface area contributed by atoms with Gasteiger partial charge in [-0.2, -0.15) is 0 Å². The standard InChI is InChI=1S/C21H22N2O4/c1-3-11-23-18-12-16(7-10-19(18)27-14-21(23)25)22-20(24)13-26-17-8-5-15(4-2)6-9-17/h3,5-10,12H,1,4,11,13-14H2,2H3,(H,22,24). The number of fused-ring (bicyclic) bond motifs is 1. The van der Waals surface area contributed by atoms with Gasteiger partial charge >= 0.3 is 0 Å². The highest BCUT2D eigenvalue weighted by molar-refractivity contribution is 6.00. The molecule has 0 radical (unpaired) electrons.